The first kappa shape index (κ1) is 10.9. The SMILES string of the molecule is C=CCC1(CC=C)CC2CCCCC2[N]1. The monoisotopic (exact) mass is 204 g/mol. The van der Waals surface area contributed by atoms with Gasteiger partial charge in [0.1, 0.15) is 0 Å². The Kier molecular flexibility index (Phi) is 3.30. The zero-order valence-corrected chi connectivity index (χ0v) is 9.62. The Bertz CT molecular complexity index is 218. The lowest BCUT2D eigenvalue weighted by Gasteiger charge is -2.26. The second kappa shape index (κ2) is 4.52. The van der Waals surface area contributed by atoms with E-state index in [4.69, 9.17) is 5.32 Å². The quantitative estimate of drug-likeness (QED) is 0.623. The second-order valence-corrected chi connectivity index (χ2v) is 5.16. The van der Waals surface area contributed by atoms with Gasteiger partial charge in [-0.2, -0.15) is 0 Å². The van der Waals surface area contributed by atoms with Crippen LogP contribution in [0, 0.1) is 5.92 Å². The van der Waals surface area contributed by atoms with Crippen LogP contribution < -0.4 is 5.32 Å². The van der Waals surface area contributed by atoms with E-state index in [1.54, 1.807) is 0 Å². The van der Waals surface area contributed by atoms with Crippen LogP contribution in [0.2, 0.25) is 0 Å². The molecule has 1 heteroatoms. The predicted octanol–water partition coefficient (Wildman–Crippen LogP) is 3.44. The van der Waals surface area contributed by atoms with Gasteiger partial charge >= 0.3 is 0 Å². The van der Waals surface area contributed by atoms with Crippen molar-refractivity contribution in [1.82, 2.24) is 5.32 Å². The predicted molar refractivity (Wildman–Crippen MR) is 64.9 cm³/mol. The Morgan fingerprint density at radius 2 is 1.80 bits per heavy atom. The van der Waals surface area contributed by atoms with Gasteiger partial charge in [-0.1, -0.05) is 25.0 Å². The average Bonchev–Trinajstić information content (AvgIpc) is 2.56. The van der Waals surface area contributed by atoms with Crippen LogP contribution in [-0.2, 0) is 0 Å². The molecule has 15 heavy (non-hydrogen) atoms. The molecule has 2 rings (SSSR count). The maximum absolute atomic E-state index is 5.08. The summed E-state index contributed by atoms with van der Waals surface area (Å²) in [7, 11) is 0. The summed E-state index contributed by atoms with van der Waals surface area (Å²) in [6.45, 7) is 7.75. The lowest BCUT2D eigenvalue weighted by molar-refractivity contribution is 0.319. The third kappa shape index (κ3) is 2.17. The molecule has 0 amide bonds. The molecule has 0 spiro atoms. The fraction of sp³-hybridized carbons (Fsp3) is 0.714. The number of hydrogen-bond donors (Lipinski definition) is 0. The lowest BCUT2D eigenvalue weighted by atomic mass is 9.81. The number of hydrogen-bond acceptors (Lipinski definition) is 0. The van der Waals surface area contributed by atoms with Gasteiger partial charge in [0, 0.05) is 11.6 Å². The van der Waals surface area contributed by atoms with Gasteiger partial charge in [-0.25, -0.2) is 5.32 Å². The van der Waals surface area contributed by atoms with Crippen LogP contribution >= 0.6 is 0 Å². The topological polar surface area (TPSA) is 14.1 Å². The van der Waals surface area contributed by atoms with Crippen molar-refractivity contribution >= 4 is 0 Å². The van der Waals surface area contributed by atoms with E-state index in [1.165, 1.54) is 32.1 Å². The lowest BCUT2D eigenvalue weighted by Crippen LogP contribution is -2.36. The van der Waals surface area contributed by atoms with Crippen molar-refractivity contribution in [2.24, 2.45) is 5.92 Å². The standard InChI is InChI=1S/C14H22N/c1-3-9-14(10-4-2)11-12-7-5-6-8-13(12)15-14/h3-4,12-13H,1-2,5-11H2. The van der Waals surface area contributed by atoms with Gasteiger partial charge in [-0.05, 0) is 38.0 Å². The molecule has 2 unspecified atom stereocenters. The van der Waals surface area contributed by atoms with Crippen molar-refractivity contribution in [2.45, 2.75) is 56.5 Å². The highest BCUT2D eigenvalue weighted by Crippen LogP contribution is 2.42. The summed E-state index contributed by atoms with van der Waals surface area (Å²) in [5, 5.41) is 5.08. The molecule has 1 aliphatic carbocycles. The summed E-state index contributed by atoms with van der Waals surface area (Å²) < 4.78 is 0. The summed E-state index contributed by atoms with van der Waals surface area (Å²) in [6, 6.07) is 0.652. The summed E-state index contributed by atoms with van der Waals surface area (Å²) in [6.07, 6.45) is 12.9. The van der Waals surface area contributed by atoms with Crippen molar-refractivity contribution in [3.05, 3.63) is 25.3 Å². The molecule has 1 saturated carbocycles. The van der Waals surface area contributed by atoms with Crippen molar-refractivity contribution in [3.63, 3.8) is 0 Å². The summed E-state index contributed by atoms with van der Waals surface area (Å²) in [4.78, 5) is 0. The minimum atomic E-state index is 0.170. The highest BCUT2D eigenvalue weighted by atomic mass is 15.1. The van der Waals surface area contributed by atoms with Crippen LogP contribution in [0.25, 0.3) is 0 Å². The van der Waals surface area contributed by atoms with E-state index in [9.17, 15) is 0 Å². The molecule has 83 valence electrons. The summed E-state index contributed by atoms with van der Waals surface area (Å²) in [5.74, 6) is 0.860. The third-order valence-electron chi connectivity index (χ3n) is 4.00. The van der Waals surface area contributed by atoms with Crippen LogP contribution in [0.4, 0.5) is 0 Å². The fourth-order valence-electron chi connectivity index (χ4n) is 3.38. The van der Waals surface area contributed by atoms with Gasteiger partial charge in [-0.3, -0.25) is 0 Å². The van der Waals surface area contributed by atoms with Gasteiger partial charge in [-0.15, -0.1) is 13.2 Å². The Hall–Kier alpha value is -0.560. The first-order valence-corrected chi connectivity index (χ1v) is 6.23. The van der Waals surface area contributed by atoms with E-state index in [-0.39, 0.29) is 5.54 Å². The Balaban J connectivity index is 2.07. The first-order valence-electron chi connectivity index (χ1n) is 6.23. The zero-order chi connectivity index (χ0) is 10.7. The van der Waals surface area contributed by atoms with E-state index in [2.05, 4.69) is 13.2 Å². The van der Waals surface area contributed by atoms with Crippen LogP contribution in [0.15, 0.2) is 25.3 Å². The Morgan fingerprint density at radius 1 is 1.13 bits per heavy atom. The summed E-state index contributed by atoms with van der Waals surface area (Å²) >= 11 is 0. The van der Waals surface area contributed by atoms with E-state index in [1.807, 2.05) is 12.2 Å². The normalized spacial score (nSPS) is 33.3. The molecule has 2 fully saturated rings. The molecule has 0 N–H and O–H groups in total. The largest absolute Gasteiger partial charge is 0.231 e. The molecule has 0 aromatic heterocycles. The number of fused-ring (bicyclic) bond motifs is 1. The van der Waals surface area contributed by atoms with Crippen LogP contribution in [0.5, 0.6) is 0 Å². The molecule has 1 saturated heterocycles. The van der Waals surface area contributed by atoms with Gasteiger partial charge in [0.05, 0.1) is 0 Å². The molecule has 2 atom stereocenters. The molecule has 1 heterocycles. The Morgan fingerprint density at radius 3 is 2.40 bits per heavy atom. The molecule has 0 bridgehead atoms. The van der Waals surface area contributed by atoms with Crippen LogP contribution in [0.1, 0.15) is 44.9 Å². The van der Waals surface area contributed by atoms with Crippen molar-refractivity contribution in [3.8, 4) is 0 Å². The van der Waals surface area contributed by atoms with Crippen molar-refractivity contribution < 1.29 is 0 Å². The fourth-order valence-corrected chi connectivity index (χ4v) is 3.38. The summed E-state index contributed by atoms with van der Waals surface area (Å²) in [5.41, 5.74) is 0.170. The molecular formula is C14H22N. The maximum atomic E-state index is 5.08. The molecule has 1 nitrogen and oxygen atoms in total. The van der Waals surface area contributed by atoms with Gasteiger partial charge in [0.15, 0.2) is 0 Å². The van der Waals surface area contributed by atoms with Crippen molar-refractivity contribution in [2.75, 3.05) is 0 Å². The highest BCUT2D eigenvalue weighted by Gasteiger charge is 2.44. The molecule has 2 aliphatic rings. The molecule has 0 aromatic rings. The van der Waals surface area contributed by atoms with Gasteiger partial charge in [0.2, 0.25) is 0 Å². The van der Waals surface area contributed by atoms with Crippen LogP contribution in [-0.4, -0.2) is 11.6 Å². The highest BCUT2D eigenvalue weighted by molar-refractivity contribution is 5.07. The second-order valence-electron chi connectivity index (χ2n) is 5.16. The molecule has 0 aromatic carbocycles. The van der Waals surface area contributed by atoms with Crippen LogP contribution in [0.3, 0.4) is 0 Å². The molecule has 1 aliphatic heterocycles. The minimum absolute atomic E-state index is 0.170. The Labute approximate surface area is 93.6 Å². The minimum Gasteiger partial charge on any atom is -0.231 e. The smallest absolute Gasteiger partial charge is 0.0431 e. The first-order chi connectivity index (χ1) is 7.29. The van der Waals surface area contributed by atoms with Gasteiger partial charge < -0.3 is 0 Å². The van der Waals surface area contributed by atoms with E-state index in [0.29, 0.717) is 6.04 Å². The number of nitrogens with zero attached hydrogens (tertiary/aromatic N) is 1. The van der Waals surface area contributed by atoms with E-state index in [0.717, 1.165) is 18.8 Å². The van der Waals surface area contributed by atoms with E-state index >= 15 is 0 Å². The number of rotatable bonds is 4. The maximum Gasteiger partial charge on any atom is 0.0431 e. The molecule has 1 radical (unpaired) electrons. The molecular weight excluding hydrogens is 182 g/mol. The van der Waals surface area contributed by atoms with Crippen molar-refractivity contribution in [1.29, 1.82) is 0 Å². The zero-order valence-electron chi connectivity index (χ0n) is 9.62. The third-order valence-corrected chi connectivity index (χ3v) is 4.00. The van der Waals surface area contributed by atoms with Gasteiger partial charge in [0.25, 0.3) is 0 Å². The van der Waals surface area contributed by atoms with E-state index < -0.39 is 0 Å². The average molecular weight is 204 g/mol.